The molecule has 0 fully saturated rings. The van der Waals surface area contributed by atoms with Gasteiger partial charge in [0.25, 0.3) is 0 Å². The fraction of sp³-hybridized carbons (Fsp3) is 0.700. The third-order valence-electron chi connectivity index (χ3n) is 1.92. The van der Waals surface area contributed by atoms with Crippen LogP contribution < -0.4 is 0 Å². The van der Waals surface area contributed by atoms with Crippen LogP contribution >= 0.6 is 0 Å². The van der Waals surface area contributed by atoms with E-state index >= 15 is 0 Å². The predicted octanol–water partition coefficient (Wildman–Crippen LogP) is 2.54. The highest BCUT2D eigenvalue weighted by atomic mass is 16.5. The van der Waals surface area contributed by atoms with E-state index in [4.69, 9.17) is 4.74 Å². The summed E-state index contributed by atoms with van der Waals surface area (Å²) in [5, 5.41) is 0. The third-order valence-corrected chi connectivity index (χ3v) is 1.92. The predicted molar refractivity (Wildman–Crippen MR) is 49.8 cm³/mol. The second kappa shape index (κ2) is 6.89. The quantitative estimate of drug-likeness (QED) is 0.468. The van der Waals surface area contributed by atoms with Gasteiger partial charge in [-0.25, -0.2) is 4.79 Å². The van der Waals surface area contributed by atoms with Gasteiger partial charge in [0.1, 0.15) is 0 Å². The summed E-state index contributed by atoms with van der Waals surface area (Å²) < 4.78 is 5.00. The molecule has 0 unspecified atom stereocenters. The molecule has 0 aromatic heterocycles. The van der Waals surface area contributed by atoms with Gasteiger partial charge < -0.3 is 4.74 Å². The van der Waals surface area contributed by atoms with Gasteiger partial charge in [0.2, 0.25) is 0 Å². The van der Waals surface area contributed by atoms with Gasteiger partial charge in [-0.1, -0.05) is 32.8 Å². The zero-order chi connectivity index (χ0) is 9.40. The Morgan fingerprint density at radius 3 is 2.42 bits per heavy atom. The number of allylic oxidation sites excluding steroid dienone is 1. The molecule has 0 spiro atoms. The second-order valence-electron chi connectivity index (χ2n) is 2.81. The Balaban J connectivity index is 3.58. The minimum absolute atomic E-state index is 0.232. The van der Waals surface area contributed by atoms with Crippen LogP contribution in [0.1, 0.15) is 33.6 Å². The molecule has 2 nitrogen and oxygen atoms in total. The van der Waals surface area contributed by atoms with Crippen LogP contribution in [0.15, 0.2) is 12.2 Å². The van der Waals surface area contributed by atoms with E-state index in [9.17, 15) is 4.79 Å². The van der Waals surface area contributed by atoms with Crippen LogP contribution in [-0.2, 0) is 9.53 Å². The van der Waals surface area contributed by atoms with Crippen LogP contribution in [0.4, 0.5) is 0 Å². The minimum Gasteiger partial charge on any atom is -0.462 e. The van der Waals surface area contributed by atoms with Crippen LogP contribution in [-0.4, -0.2) is 12.6 Å². The maximum atomic E-state index is 10.9. The highest BCUT2D eigenvalue weighted by molar-refractivity contribution is 5.81. The summed E-state index contributed by atoms with van der Waals surface area (Å²) in [5.74, 6) is 0.281. The van der Waals surface area contributed by atoms with Gasteiger partial charge in [0, 0.05) is 6.08 Å². The Kier molecular flexibility index (Phi) is 6.44. The molecule has 0 rings (SSSR count). The summed E-state index contributed by atoms with van der Waals surface area (Å²) in [6.45, 7) is 6.57. The second-order valence-corrected chi connectivity index (χ2v) is 2.81. The molecule has 0 heterocycles. The normalized spacial score (nSPS) is 11.0. The molecule has 0 saturated heterocycles. The summed E-state index contributed by atoms with van der Waals surface area (Å²) in [7, 11) is 0. The molecule has 0 amide bonds. The lowest BCUT2D eigenvalue weighted by Gasteiger charge is -2.10. The monoisotopic (exact) mass is 170 g/mol. The van der Waals surface area contributed by atoms with Crippen molar-refractivity contribution in [3.05, 3.63) is 12.2 Å². The van der Waals surface area contributed by atoms with Crippen molar-refractivity contribution in [3.8, 4) is 0 Å². The fourth-order valence-electron chi connectivity index (χ4n) is 0.909. The van der Waals surface area contributed by atoms with E-state index in [1.807, 2.05) is 0 Å². The van der Waals surface area contributed by atoms with Crippen molar-refractivity contribution in [1.82, 2.24) is 0 Å². The Bertz CT molecular complexity index is 146. The fourth-order valence-corrected chi connectivity index (χ4v) is 0.909. The molecule has 0 bridgehead atoms. The molecular weight excluding hydrogens is 152 g/mol. The number of carbonyl (C=O) groups excluding carboxylic acids is 1. The maximum Gasteiger partial charge on any atom is 0.330 e. The highest BCUT2D eigenvalue weighted by Gasteiger charge is 2.05. The molecule has 0 radical (unpaired) electrons. The average Bonchev–Trinajstić information content (AvgIpc) is 2.07. The van der Waals surface area contributed by atoms with Gasteiger partial charge in [-0.15, -0.1) is 0 Å². The Labute approximate surface area is 74.6 Å². The van der Waals surface area contributed by atoms with Crippen LogP contribution in [0.3, 0.4) is 0 Å². The van der Waals surface area contributed by atoms with Crippen molar-refractivity contribution in [2.75, 3.05) is 6.61 Å². The summed E-state index contributed by atoms with van der Waals surface area (Å²) in [4.78, 5) is 10.9. The van der Waals surface area contributed by atoms with Crippen molar-refractivity contribution in [2.24, 2.45) is 5.92 Å². The molecule has 0 aliphatic heterocycles. The maximum absolute atomic E-state index is 10.9. The molecule has 0 aromatic rings. The van der Waals surface area contributed by atoms with E-state index < -0.39 is 0 Å². The molecule has 0 saturated carbocycles. The third kappa shape index (κ3) is 4.94. The van der Waals surface area contributed by atoms with Crippen LogP contribution in [0.25, 0.3) is 0 Å². The number of hydrogen-bond acceptors (Lipinski definition) is 2. The standard InChI is InChI=1S/C10H18O2/c1-4-7-10(11)12-8-9(5-2)6-3/h4,7,9H,5-6,8H2,1-3H3/b7-4+. The zero-order valence-electron chi connectivity index (χ0n) is 8.17. The summed E-state index contributed by atoms with van der Waals surface area (Å²) in [6.07, 6.45) is 5.27. The zero-order valence-corrected chi connectivity index (χ0v) is 8.17. The first-order valence-corrected chi connectivity index (χ1v) is 4.54. The van der Waals surface area contributed by atoms with Gasteiger partial charge in [-0.05, 0) is 12.8 Å². The summed E-state index contributed by atoms with van der Waals surface area (Å²) in [5.41, 5.74) is 0. The molecule has 0 atom stereocenters. The topological polar surface area (TPSA) is 26.3 Å². The summed E-state index contributed by atoms with van der Waals surface area (Å²) >= 11 is 0. The number of ether oxygens (including phenoxy) is 1. The first kappa shape index (κ1) is 11.2. The van der Waals surface area contributed by atoms with Crippen molar-refractivity contribution in [2.45, 2.75) is 33.6 Å². The SMILES string of the molecule is C/C=C/C(=O)OCC(CC)CC. The molecular formula is C10H18O2. The van der Waals surface area contributed by atoms with Gasteiger partial charge >= 0.3 is 5.97 Å². The molecule has 0 aliphatic rings. The van der Waals surface area contributed by atoms with E-state index in [0.717, 1.165) is 12.8 Å². The van der Waals surface area contributed by atoms with Crippen molar-refractivity contribution < 1.29 is 9.53 Å². The van der Waals surface area contributed by atoms with Crippen LogP contribution in [0.2, 0.25) is 0 Å². The van der Waals surface area contributed by atoms with E-state index in [-0.39, 0.29) is 5.97 Å². The molecule has 0 aromatic carbocycles. The lowest BCUT2D eigenvalue weighted by Crippen LogP contribution is -2.11. The molecule has 2 heteroatoms. The summed E-state index contributed by atoms with van der Waals surface area (Å²) in [6, 6.07) is 0. The Hall–Kier alpha value is -0.790. The first-order valence-electron chi connectivity index (χ1n) is 4.54. The lowest BCUT2D eigenvalue weighted by atomic mass is 10.1. The van der Waals surface area contributed by atoms with E-state index in [0.29, 0.717) is 12.5 Å². The molecule has 0 aliphatic carbocycles. The molecule has 70 valence electrons. The highest BCUT2D eigenvalue weighted by Crippen LogP contribution is 2.07. The van der Waals surface area contributed by atoms with Crippen LogP contribution in [0, 0.1) is 5.92 Å². The van der Waals surface area contributed by atoms with Crippen molar-refractivity contribution >= 4 is 5.97 Å². The van der Waals surface area contributed by atoms with Gasteiger partial charge in [-0.3, -0.25) is 0 Å². The van der Waals surface area contributed by atoms with Gasteiger partial charge in [0.05, 0.1) is 6.61 Å². The van der Waals surface area contributed by atoms with Gasteiger partial charge in [0.15, 0.2) is 0 Å². The Morgan fingerprint density at radius 2 is 2.00 bits per heavy atom. The number of hydrogen-bond donors (Lipinski definition) is 0. The lowest BCUT2D eigenvalue weighted by molar-refractivity contribution is -0.139. The average molecular weight is 170 g/mol. The van der Waals surface area contributed by atoms with E-state index in [2.05, 4.69) is 13.8 Å². The van der Waals surface area contributed by atoms with E-state index in [1.165, 1.54) is 6.08 Å². The largest absolute Gasteiger partial charge is 0.462 e. The van der Waals surface area contributed by atoms with E-state index in [1.54, 1.807) is 13.0 Å². The number of carbonyl (C=O) groups is 1. The number of esters is 1. The van der Waals surface area contributed by atoms with Gasteiger partial charge in [-0.2, -0.15) is 0 Å². The molecule has 12 heavy (non-hydrogen) atoms. The van der Waals surface area contributed by atoms with Crippen LogP contribution in [0.5, 0.6) is 0 Å². The van der Waals surface area contributed by atoms with Crippen molar-refractivity contribution in [1.29, 1.82) is 0 Å². The smallest absolute Gasteiger partial charge is 0.330 e. The molecule has 0 N–H and O–H groups in total. The Morgan fingerprint density at radius 1 is 1.42 bits per heavy atom. The van der Waals surface area contributed by atoms with Crippen molar-refractivity contribution in [3.63, 3.8) is 0 Å². The minimum atomic E-state index is -0.232. The number of rotatable bonds is 5. The first-order chi connectivity index (χ1) is 5.74.